The SMILES string of the molecule is Cc1cn[nH]c1.Cc1cn[nH]n1.Cc1cnc(C)s1.Cc1cnco1.Cc1cncs1.Cc1n[nH]nc1C.Cc1ncc2ccccn12.Cc1ncc[nH]1.Cc1ncco1.Cc1ncn[nH]1.Cc1ncno1.Cc1ncns1.Cc1nnco1.Cc1nncs1.Cn1ncc2ccccc21. The lowest BCUT2D eigenvalue weighted by Crippen LogP contribution is -1.87. The Labute approximate surface area is 593 Å². The first-order valence-electron chi connectivity index (χ1n) is 29.7. The molecule has 16 aromatic heterocycles. The first-order chi connectivity index (χ1) is 48.2. The molecule has 0 bridgehead atoms. The van der Waals surface area contributed by atoms with Gasteiger partial charge in [-0.3, -0.25) is 19.9 Å². The molecule has 17 rings (SSSR count). The van der Waals surface area contributed by atoms with Crippen molar-refractivity contribution in [1.82, 2.24) is 145 Å². The van der Waals surface area contributed by atoms with Crippen molar-refractivity contribution in [3.8, 4) is 0 Å². The second-order valence-corrected chi connectivity index (χ2v) is 23.9. The second-order valence-electron chi connectivity index (χ2n) is 19.4. The van der Waals surface area contributed by atoms with Crippen LogP contribution in [0, 0.1) is 111 Å². The third kappa shape index (κ3) is 40.6. The number of benzene rings is 1. The molecule has 33 nitrogen and oxygen atoms in total. The molecule has 0 atom stereocenters. The quantitative estimate of drug-likeness (QED) is 0.0941. The molecule has 0 amide bonds. The van der Waals surface area contributed by atoms with Gasteiger partial charge >= 0.3 is 0 Å². The average molecular weight is 1440 g/mol. The van der Waals surface area contributed by atoms with Crippen molar-refractivity contribution in [1.29, 1.82) is 0 Å². The maximum absolute atomic E-state index is 4.72. The van der Waals surface area contributed by atoms with Crippen LogP contribution in [0.2, 0.25) is 0 Å². The number of hydrogen-bond acceptors (Lipinski definition) is 30. The van der Waals surface area contributed by atoms with E-state index in [1.165, 1.54) is 63.2 Å². The third-order valence-corrected chi connectivity index (χ3v) is 13.6. The molecule has 37 heteroatoms. The van der Waals surface area contributed by atoms with Gasteiger partial charge in [0.1, 0.15) is 57.7 Å². The Morgan fingerprint density at radius 3 is 1.61 bits per heavy atom. The summed E-state index contributed by atoms with van der Waals surface area (Å²) in [6.45, 7) is 30.6. The van der Waals surface area contributed by atoms with Crippen LogP contribution in [0.5, 0.6) is 0 Å². The smallest absolute Gasteiger partial charge is 0.223 e. The van der Waals surface area contributed by atoms with Crippen LogP contribution in [-0.4, -0.2) is 145 Å². The van der Waals surface area contributed by atoms with Crippen molar-refractivity contribution in [2.45, 2.75) is 111 Å². The molecular weight excluding hydrogens is 1360 g/mol. The number of fused-ring (bicyclic) bond motifs is 2. The molecule has 100 heavy (non-hydrogen) atoms. The van der Waals surface area contributed by atoms with E-state index in [9.17, 15) is 0 Å². The average Bonchev–Trinajstić information content (AvgIpc) is 1.71. The van der Waals surface area contributed by atoms with E-state index in [1.54, 1.807) is 110 Å². The zero-order chi connectivity index (χ0) is 73.0. The van der Waals surface area contributed by atoms with Crippen LogP contribution in [-0.2, 0) is 7.05 Å². The van der Waals surface area contributed by atoms with Gasteiger partial charge in [-0.15, -0.1) is 54.4 Å². The van der Waals surface area contributed by atoms with Gasteiger partial charge in [0.15, 0.2) is 18.6 Å². The lowest BCUT2D eigenvalue weighted by Gasteiger charge is -1.91. The number of rotatable bonds is 0. The number of imidazole rings is 2. The number of hydrogen-bond donors (Lipinski definition) is 5. The molecule has 5 N–H and O–H groups in total. The molecule has 0 unspecified atom stereocenters. The van der Waals surface area contributed by atoms with Gasteiger partial charge in [-0.25, -0.2) is 34.9 Å². The Hall–Kier alpha value is -11.7. The summed E-state index contributed by atoms with van der Waals surface area (Å²) >= 11 is 6.37. The largest absolute Gasteiger partial charge is 0.449 e. The summed E-state index contributed by atoms with van der Waals surface area (Å²) in [5.41, 5.74) is 9.93. The number of aromatic amines is 5. The Morgan fingerprint density at radius 2 is 1.32 bits per heavy atom. The highest BCUT2D eigenvalue weighted by Gasteiger charge is 1.96. The summed E-state index contributed by atoms with van der Waals surface area (Å²) in [5.74, 6) is 5.65. The van der Waals surface area contributed by atoms with E-state index in [-0.39, 0.29) is 0 Å². The molecule has 16 heterocycles. The summed E-state index contributed by atoms with van der Waals surface area (Å²) in [6, 6.07) is 14.2. The predicted molar refractivity (Wildman–Crippen MR) is 384 cm³/mol. The third-order valence-electron chi connectivity index (χ3n) is 10.9. The summed E-state index contributed by atoms with van der Waals surface area (Å²) in [5, 5.41) is 58.4. The topological polar surface area (TPSA) is 424 Å². The van der Waals surface area contributed by atoms with Crippen LogP contribution in [0.15, 0.2) is 184 Å². The van der Waals surface area contributed by atoms with Crippen LogP contribution in [0.3, 0.4) is 0 Å². The Kier molecular flexibility index (Phi) is 41.8. The van der Waals surface area contributed by atoms with Crippen molar-refractivity contribution in [2.24, 2.45) is 7.05 Å². The zero-order valence-electron chi connectivity index (χ0n) is 58.6. The Bertz CT molecular complexity index is 3740. The van der Waals surface area contributed by atoms with Crippen molar-refractivity contribution in [3.63, 3.8) is 0 Å². The van der Waals surface area contributed by atoms with E-state index in [1.807, 2.05) is 168 Å². The first kappa shape index (κ1) is 82.5. The number of aryl methyl sites for hydroxylation is 17. The monoisotopic (exact) mass is 1440 g/mol. The molecule has 0 saturated heterocycles. The van der Waals surface area contributed by atoms with Crippen LogP contribution in [0.25, 0.3) is 16.4 Å². The summed E-state index contributed by atoms with van der Waals surface area (Å²) in [6.07, 6.45) is 30.3. The number of para-hydroxylation sites is 1. The lowest BCUT2D eigenvalue weighted by molar-refractivity contribution is 0.392. The highest BCUT2D eigenvalue weighted by molar-refractivity contribution is 7.11. The van der Waals surface area contributed by atoms with E-state index < -0.39 is 0 Å². The maximum Gasteiger partial charge on any atom is 0.223 e. The van der Waals surface area contributed by atoms with Crippen LogP contribution >= 0.6 is 45.5 Å². The molecule has 17 aromatic rings. The maximum atomic E-state index is 4.72. The fourth-order valence-corrected chi connectivity index (χ4v) is 7.71. The molecule has 0 spiro atoms. The standard InChI is InChI=1S/2C8H8N2.C5H7NS.C4H7N3.2C4H6N2.2C4H5NO.C4H5NS.2C3H5N3.2C3H4N2O.2C3H4N2S/c1-10-8-5-3-2-4-7(8)6-9-10;1-7-9-6-8-4-2-3-5-10(7)8;1-4-3-6-5(2)7-4;1-3-4(2)6-7-5-3;1-4-2-5-6-3-4;1-4-5-2-3-6-4;1-4-2-5-3-6-4;1-4-5-2-3-6-4;1-4-2-5-3-6-4;1-3-4-2-5-6-3;1-3-2-4-6-5-3;1-3-5-4-2-6-3;1-3-4-2-5-6-3;1-3-5-4-2-6-3;1-3-4-2-5-6-3/h2*2-6H,1H3;3H,1-2H3;1-2H3,(H,5,6,7);2*2-3H,1H3,(H,5,6);3*2-3H,1H3;2*2H,1H3,(H,4,5,6);4*2H,1H3. The normalized spacial score (nSPS) is 9.25. The molecular formula is C63H83N29O4S4. The van der Waals surface area contributed by atoms with Gasteiger partial charge in [-0.1, -0.05) is 29.4 Å². The number of oxazole rings is 2. The fourth-order valence-electron chi connectivity index (χ4n) is 5.94. The number of aromatic nitrogens is 29. The molecule has 0 radical (unpaired) electrons. The van der Waals surface area contributed by atoms with E-state index >= 15 is 0 Å². The Balaban J connectivity index is 0.000000280. The summed E-state index contributed by atoms with van der Waals surface area (Å²) in [7, 11) is 1.95. The van der Waals surface area contributed by atoms with Crippen molar-refractivity contribution < 1.29 is 17.8 Å². The van der Waals surface area contributed by atoms with Crippen LogP contribution < -0.4 is 0 Å². The number of pyridine rings is 1. The highest BCUT2D eigenvalue weighted by Crippen LogP contribution is 2.11. The fraction of sp³-hybridized carbons (Fsp3) is 0.270. The summed E-state index contributed by atoms with van der Waals surface area (Å²) in [4.78, 5) is 40.0. The highest BCUT2D eigenvalue weighted by atomic mass is 32.1. The number of H-pyrrole nitrogens is 5. The van der Waals surface area contributed by atoms with Gasteiger partial charge in [0.2, 0.25) is 18.2 Å². The Morgan fingerprint density at radius 1 is 0.530 bits per heavy atom. The van der Waals surface area contributed by atoms with Crippen LogP contribution in [0.4, 0.5) is 0 Å². The van der Waals surface area contributed by atoms with E-state index in [0.717, 1.165) is 66.7 Å². The van der Waals surface area contributed by atoms with Crippen LogP contribution in [0.1, 0.15) is 88.3 Å². The van der Waals surface area contributed by atoms with Crippen molar-refractivity contribution in [3.05, 3.63) is 254 Å². The molecule has 1 aromatic carbocycles. The minimum absolute atomic E-state index is 0.606. The van der Waals surface area contributed by atoms with Crippen molar-refractivity contribution in [2.75, 3.05) is 0 Å². The van der Waals surface area contributed by atoms with E-state index in [0.29, 0.717) is 11.8 Å². The first-order valence-corrected chi connectivity index (χ1v) is 33.1. The van der Waals surface area contributed by atoms with Crippen molar-refractivity contribution >= 4 is 62.0 Å². The minimum atomic E-state index is 0.606. The zero-order valence-corrected chi connectivity index (χ0v) is 61.9. The van der Waals surface area contributed by atoms with Gasteiger partial charge in [0.25, 0.3) is 0 Å². The minimum Gasteiger partial charge on any atom is -0.449 e. The predicted octanol–water partition coefficient (Wildman–Crippen LogP) is 12.9. The molecule has 0 aliphatic rings. The number of nitrogens with one attached hydrogen (secondary N) is 5. The summed E-state index contributed by atoms with van der Waals surface area (Å²) < 4.78 is 26.2. The molecule has 0 aliphatic carbocycles. The second kappa shape index (κ2) is 50.6. The van der Waals surface area contributed by atoms with E-state index in [4.69, 9.17) is 8.83 Å². The van der Waals surface area contributed by atoms with Gasteiger partial charge in [-0.2, -0.15) is 55.5 Å². The van der Waals surface area contributed by atoms with Gasteiger partial charge in [0.05, 0.1) is 75.8 Å². The lowest BCUT2D eigenvalue weighted by atomic mass is 10.3. The van der Waals surface area contributed by atoms with Gasteiger partial charge < -0.3 is 27.2 Å². The molecule has 0 aliphatic heterocycles. The molecule has 0 fully saturated rings. The number of nitrogens with zero attached hydrogens (tertiary/aromatic N) is 24. The number of thiazole rings is 2. The van der Waals surface area contributed by atoms with Gasteiger partial charge in [-0.05, 0) is 125 Å². The van der Waals surface area contributed by atoms with E-state index in [2.05, 4.69) is 168 Å². The van der Waals surface area contributed by atoms with Gasteiger partial charge in [0, 0.05) is 80.1 Å². The molecule has 528 valence electrons. The molecule has 0 saturated carbocycles.